The van der Waals surface area contributed by atoms with E-state index >= 15 is 0 Å². The molecule has 1 saturated heterocycles. The molecule has 2 aromatic rings. The van der Waals surface area contributed by atoms with Crippen LogP contribution in [0.25, 0.3) is 5.57 Å². The van der Waals surface area contributed by atoms with Gasteiger partial charge in [0.2, 0.25) is 11.8 Å². The van der Waals surface area contributed by atoms with Crippen molar-refractivity contribution in [1.29, 1.82) is 0 Å². The summed E-state index contributed by atoms with van der Waals surface area (Å²) in [6.07, 6.45) is 16.1. The number of amides is 5. The number of likely N-dealkylation sites (N-methyl/N-ethyl adjacent to an activating group) is 2. The molecule has 25 heteroatoms. The summed E-state index contributed by atoms with van der Waals surface area (Å²) >= 11 is 0.925. The van der Waals surface area contributed by atoms with Gasteiger partial charge in [0.1, 0.15) is 30.9 Å². The van der Waals surface area contributed by atoms with Crippen molar-refractivity contribution in [2.24, 2.45) is 9.98 Å². The van der Waals surface area contributed by atoms with Crippen LogP contribution >= 0.6 is 0 Å². The predicted molar refractivity (Wildman–Crippen MR) is 267 cm³/mol. The number of hydrogen-bond donors (Lipinski definition) is 6. The van der Waals surface area contributed by atoms with E-state index in [0.29, 0.717) is 84.9 Å². The topological polar surface area (TPSA) is 294 Å². The number of carbonyl (C=O) groups excluding carboxylic acids is 7. The second-order valence-electron chi connectivity index (χ2n) is 16.3. The van der Waals surface area contributed by atoms with Crippen LogP contribution in [-0.4, -0.2) is 228 Å². The van der Waals surface area contributed by atoms with Crippen molar-refractivity contribution in [2.45, 2.75) is 67.3 Å². The van der Waals surface area contributed by atoms with Crippen molar-refractivity contribution in [3.63, 3.8) is 0 Å². The van der Waals surface area contributed by atoms with Crippen LogP contribution in [0.3, 0.4) is 0 Å². The Morgan fingerprint density at radius 2 is 1.64 bits per heavy atom. The van der Waals surface area contributed by atoms with E-state index in [0.717, 1.165) is 77.4 Å². The third kappa shape index (κ3) is 20.1. The standard InChI is InChI=1S/C29H41N9O5.C12H16N2O4.C6H11N2O2.Pb/c1-21-19-42-11-9-37(21)26-17-23(22-3-6-31-29(28(22)35-26)24-4-7-33-36-24)25-5-8-34-38(25)10-12-40-13-14-41-15-16-43-20-32-27(39)18-30-2;15-9-7-13-10(16)4-2-1-3-8-14-11(17)5-6-12(14)18;1-5(4-9)8-6(10)3-7-2;/h3-8,17,21,28-30H,9-16,18-20H2,1-2H3,(H,32,39)(H,33,36);5-6,9H,1-4,7-8H2,(H,13,16);4-5,7H,1,3H2,2H3,(H,8,10);. The second-order valence-corrected chi connectivity index (χ2v) is 17.9. The van der Waals surface area contributed by atoms with Gasteiger partial charge in [0, 0.05) is 55.8 Å². The van der Waals surface area contributed by atoms with Crippen molar-refractivity contribution in [1.82, 2.24) is 56.4 Å². The maximum absolute atomic E-state index is 11.4. The number of unbranched alkanes of at least 4 members (excludes halogenated alkanes) is 2. The first-order valence-electron chi connectivity index (χ1n) is 23.9. The number of imide groups is 1. The Kier molecular flexibility index (Phi) is 27.7. The maximum atomic E-state index is 11.4. The molecule has 1 fully saturated rings. The van der Waals surface area contributed by atoms with E-state index < -0.39 is 0 Å². The SMILES string of the molecule is CNCC(=O)NC(C=O)[CH2][Pb].CNCC(=O)NCOCCOCCOCCn1nccc1C1=CC(N2CCOCC2C)=NC2C1=CC=NC2c1ccn[nH]1.O=CCNC(=O)CCCCCN1C(=O)C=CC1=O. The van der Waals surface area contributed by atoms with Crippen molar-refractivity contribution in [3.8, 4) is 0 Å². The van der Waals surface area contributed by atoms with E-state index in [9.17, 15) is 33.6 Å². The Hall–Kier alpha value is -5.65. The summed E-state index contributed by atoms with van der Waals surface area (Å²) < 4.78 is 25.2. The quantitative estimate of drug-likeness (QED) is 0.0193. The van der Waals surface area contributed by atoms with Gasteiger partial charge in [0.05, 0.1) is 83.3 Å². The number of fused-ring (bicyclic) bond motifs is 1. The first-order chi connectivity index (χ1) is 35.0. The van der Waals surface area contributed by atoms with Crippen LogP contribution < -0.4 is 26.6 Å². The number of morpholine rings is 1. The van der Waals surface area contributed by atoms with Crippen molar-refractivity contribution < 1.29 is 52.5 Å². The Morgan fingerprint density at radius 1 is 0.903 bits per heavy atom. The average molecular weight is 1200 g/mol. The van der Waals surface area contributed by atoms with E-state index in [2.05, 4.69) is 65.9 Å². The zero-order valence-corrected chi connectivity index (χ0v) is 45.1. The zero-order chi connectivity index (χ0) is 51.9. The molecule has 6 heterocycles. The molecule has 0 saturated carbocycles. The van der Waals surface area contributed by atoms with Crippen LogP contribution in [0.5, 0.6) is 0 Å². The largest absolute Gasteiger partial charge is 0.377 e. The molecule has 3 radical (unpaired) electrons. The molecule has 72 heavy (non-hydrogen) atoms. The minimum atomic E-state index is -0.275. The van der Waals surface area contributed by atoms with Gasteiger partial charge in [-0.3, -0.25) is 43.8 Å². The summed E-state index contributed by atoms with van der Waals surface area (Å²) in [5, 5.41) is 25.0. The third-order valence-electron chi connectivity index (χ3n) is 11.0. The molecule has 6 N–H and O–H groups in total. The van der Waals surface area contributed by atoms with Crippen molar-refractivity contribution >= 4 is 85.5 Å². The van der Waals surface area contributed by atoms with Crippen LogP contribution in [0.1, 0.15) is 50.0 Å². The molecular weight excluding hydrogens is 1130 g/mol. The Balaban J connectivity index is 0.000000318. The number of amidine groups is 1. The average Bonchev–Trinajstić information content (AvgIpc) is 4.17. The predicted octanol–water partition coefficient (Wildman–Crippen LogP) is -1.15. The first kappa shape index (κ1) is 58.9. The number of allylic oxidation sites excluding steroid dienone is 1. The molecule has 6 rings (SSSR count). The smallest absolute Gasteiger partial charge is 0.253 e. The molecule has 391 valence electrons. The molecule has 4 aliphatic heterocycles. The van der Waals surface area contributed by atoms with Crippen LogP contribution in [-0.2, 0) is 59.1 Å². The van der Waals surface area contributed by atoms with Crippen LogP contribution in [0.4, 0.5) is 0 Å². The van der Waals surface area contributed by atoms with Crippen molar-refractivity contribution in [3.05, 3.63) is 65.8 Å². The number of H-pyrrole nitrogens is 1. The number of rotatable bonds is 28. The second kappa shape index (κ2) is 33.9. The molecule has 0 bridgehead atoms. The monoisotopic (exact) mass is 1200 g/mol. The molecule has 24 nitrogen and oxygen atoms in total. The summed E-state index contributed by atoms with van der Waals surface area (Å²) in [5.41, 5.74) is 4.10. The normalized spacial score (nSPS) is 18.3. The van der Waals surface area contributed by atoms with Crippen LogP contribution in [0.2, 0.25) is 3.98 Å². The van der Waals surface area contributed by atoms with Gasteiger partial charge in [-0.25, -0.2) is 0 Å². The number of aromatic amines is 1. The van der Waals surface area contributed by atoms with Gasteiger partial charge >= 0.3 is 81.8 Å². The minimum absolute atomic E-state index is 0.0429. The minimum Gasteiger partial charge on any atom is -0.377 e. The number of ether oxygens (including phenoxy) is 4. The number of dihydropyridines is 2. The number of aliphatic imine (C=N–C) groups is 2. The van der Waals surface area contributed by atoms with Crippen molar-refractivity contribution in [2.75, 3.05) is 99.8 Å². The molecule has 4 aliphatic rings. The number of carbonyl (C=O) groups is 7. The van der Waals surface area contributed by atoms with E-state index in [-0.39, 0.29) is 80.1 Å². The zero-order valence-electron chi connectivity index (χ0n) is 41.2. The van der Waals surface area contributed by atoms with Gasteiger partial charge in [0.15, 0.2) is 0 Å². The number of nitrogens with one attached hydrogen (secondary N) is 6. The van der Waals surface area contributed by atoms with Gasteiger partial charge in [-0.05, 0) is 56.7 Å². The van der Waals surface area contributed by atoms with Gasteiger partial charge in [-0.15, -0.1) is 0 Å². The van der Waals surface area contributed by atoms with Crippen LogP contribution in [0.15, 0.2) is 64.4 Å². The number of aldehydes is 2. The number of nitrogens with zero attached hydrogens (tertiary/aromatic N) is 7. The fourth-order valence-corrected chi connectivity index (χ4v) is 8.18. The maximum Gasteiger partial charge on any atom is 0.253 e. The Bertz CT molecular complexity index is 2180. The summed E-state index contributed by atoms with van der Waals surface area (Å²) in [6.45, 7) is 8.21. The van der Waals surface area contributed by atoms with Gasteiger partial charge < -0.3 is 44.6 Å². The summed E-state index contributed by atoms with van der Waals surface area (Å²) in [4.78, 5) is 89.5. The number of aromatic nitrogens is 4. The van der Waals surface area contributed by atoms with E-state index in [4.69, 9.17) is 28.9 Å². The number of hydrogen-bond acceptors (Lipinski definition) is 18. The molecule has 0 spiro atoms. The fourth-order valence-electron chi connectivity index (χ4n) is 7.41. The molecular formula is C47H68N13O11Pb. The van der Waals surface area contributed by atoms with Crippen LogP contribution in [0, 0.1) is 0 Å². The van der Waals surface area contributed by atoms with E-state index in [1.54, 1.807) is 20.3 Å². The van der Waals surface area contributed by atoms with E-state index in [1.165, 1.54) is 17.1 Å². The molecule has 4 atom stereocenters. The summed E-state index contributed by atoms with van der Waals surface area (Å²) in [6, 6.07) is 3.55. The molecule has 4 unspecified atom stereocenters. The third-order valence-corrected chi connectivity index (χ3v) is 12.7. The Morgan fingerprint density at radius 3 is 2.32 bits per heavy atom. The van der Waals surface area contributed by atoms with Gasteiger partial charge in [-0.2, -0.15) is 10.2 Å². The van der Waals surface area contributed by atoms with E-state index in [1.807, 2.05) is 29.2 Å². The van der Waals surface area contributed by atoms with Gasteiger partial charge in [0.25, 0.3) is 11.8 Å². The van der Waals surface area contributed by atoms with Gasteiger partial charge in [-0.1, -0.05) is 6.42 Å². The molecule has 2 aromatic heterocycles. The first-order valence-corrected chi connectivity index (χ1v) is 26.6. The molecule has 0 aromatic carbocycles. The summed E-state index contributed by atoms with van der Waals surface area (Å²) in [5.74, 6) is -0.00954. The fraction of sp³-hybridized carbons (Fsp3) is 0.553. The summed E-state index contributed by atoms with van der Waals surface area (Å²) in [7, 11) is 3.41. The molecule has 0 aliphatic carbocycles. The molecule has 5 amide bonds. The Labute approximate surface area is 435 Å².